The highest BCUT2D eigenvalue weighted by Gasteiger charge is 2.31. The molecule has 0 radical (unpaired) electrons. The van der Waals surface area contributed by atoms with Crippen LogP contribution < -0.4 is 16.0 Å². The van der Waals surface area contributed by atoms with Gasteiger partial charge >= 0.3 is 0 Å². The van der Waals surface area contributed by atoms with Crippen molar-refractivity contribution in [3.05, 3.63) is 29.3 Å². The van der Waals surface area contributed by atoms with Crippen LogP contribution in [0.15, 0.2) is 18.2 Å². The van der Waals surface area contributed by atoms with E-state index < -0.39 is 0 Å². The van der Waals surface area contributed by atoms with Crippen LogP contribution in [0.25, 0.3) is 0 Å². The van der Waals surface area contributed by atoms with E-state index in [1.807, 2.05) is 0 Å². The first-order valence-corrected chi connectivity index (χ1v) is 7.89. The van der Waals surface area contributed by atoms with Gasteiger partial charge in [0.1, 0.15) is 5.75 Å². The Morgan fingerprint density at radius 3 is 2.65 bits per heavy atom. The number of ether oxygens (including phenoxy) is 1. The second-order valence-electron chi connectivity index (χ2n) is 6.79. The number of hydrogen-bond donors (Lipinski definition) is 2. The first kappa shape index (κ1) is 13.9. The molecule has 1 aliphatic carbocycles. The highest BCUT2D eigenvalue weighted by molar-refractivity contribution is 5.41. The summed E-state index contributed by atoms with van der Waals surface area (Å²) < 4.78 is 5.59. The SMILES string of the molecule is CC1CC(C)CC(C(NN)c2ccc3c(c2)CCO3)C1. The molecule has 20 heavy (non-hydrogen) atoms. The van der Waals surface area contributed by atoms with Crippen molar-refractivity contribution < 1.29 is 4.74 Å². The largest absolute Gasteiger partial charge is 0.493 e. The minimum atomic E-state index is 0.270. The molecule has 0 amide bonds. The maximum absolute atomic E-state index is 5.89. The van der Waals surface area contributed by atoms with Gasteiger partial charge in [0.2, 0.25) is 0 Å². The number of nitrogens with one attached hydrogen (secondary N) is 1. The maximum Gasteiger partial charge on any atom is 0.122 e. The summed E-state index contributed by atoms with van der Waals surface area (Å²) >= 11 is 0. The van der Waals surface area contributed by atoms with E-state index in [1.54, 1.807) is 0 Å². The summed E-state index contributed by atoms with van der Waals surface area (Å²) in [5, 5.41) is 0. The molecule has 1 heterocycles. The van der Waals surface area contributed by atoms with Crippen LogP contribution in [-0.2, 0) is 6.42 Å². The number of hydrazine groups is 1. The van der Waals surface area contributed by atoms with Gasteiger partial charge in [0.15, 0.2) is 0 Å². The Balaban J connectivity index is 1.82. The van der Waals surface area contributed by atoms with Crippen LogP contribution >= 0.6 is 0 Å². The molecule has 1 aromatic rings. The fraction of sp³-hybridized carbons (Fsp3) is 0.647. The molecular formula is C17H26N2O. The summed E-state index contributed by atoms with van der Waals surface area (Å²) in [5.41, 5.74) is 5.73. The highest BCUT2D eigenvalue weighted by atomic mass is 16.5. The molecule has 0 bridgehead atoms. The number of rotatable bonds is 3. The van der Waals surface area contributed by atoms with Gasteiger partial charge in [-0.1, -0.05) is 26.0 Å². The molecule has 2 aliphatic rings. The fourth-order valence-electron chi connectivity index (χ4n) is 4.19. The zero-order chi connectivity index (χ0) is 14.1. The van der Waals surface area contributed by atoms with Crippen molar-refractivity contribution in [1.29, 1.82) is 0 Å². The topological polar surface area (TPSA) is 47.3 Å². The van der Waals surface area contributed by atoms with E-state index in [0.717, 1.165) is 30.6 Å². The number of nitrogens with two attached hydrogens (primary N) is 1. The summed E-state index contributed by atoms with van der Waals surface area (Å²) in [6.07, 6.45) is 4.92. The Morgan fingerprint density at radius 1 is 1.20 bits per heavy atom. The third-order valence-electron chi connectivity index (χ3n) is 4.94. The van der Waals surface area contributed by atoms with Gasteiger partial charge in [-0.2, -0.15) is 0 Å². The van der Waals surface area contributed by atoms with Crippen molar-refractivity contribution in [2.75, 3.05) is 6.61 Å². The van der Waals surface area contributed by atoms with Crippen molar-refractivity contribution in [2.24, 2.45) is 23.6 Å². The Morgan fingerprint density at radius 2 is 1.95 bits per heavy atom. The molecule has 3 nitrogen and oxygen atoms in total. The predicted octanol–water partition coefficient (Wildman–Crippen LogP) is 3.20. The lowest BCUT2D eigenvalue weighted by atomic mass is 9.72. The molecular weight excluding hydrogens is 248 g/mol. The standard InChI is InChI=1S/C17H26N2O/c1-11-7-12(2)9-15(8-11)17(19-18)14-3-4-16-13(10-14)5-6-20-16/h3-4,10-12,15,17,19H,5-9,18H2,1-2H3. The number of benzene rings is 1. The van der Waals surface area contributed by atoms with E-state index in [9.17, 15) is 0 Å². The van der Waals surface area contributed by atoms with Gasteiger partial charge in [0.05, 0.1) is 6.61 Å². The Bertz CT molecular complexity index is 464. The molecule has 3 rings (SSSR count). The molecule has 1 aromatic carbocycles. The molecule has 3 atom stereocenters. The molecule has 0 aromatic heterocycles. The molecule has 1 fully saturated rings. The quantitative estimate of drug-likeness (QED) is 0.657. The number of fused-ring (bicyclic) bond motifs is 1. The molecule has 1 saturated carbocycles. The summed E-state index contributed by atoms with van der Waals surface area (Å²) in [6.45, 7) is 5.55. The molecule has 3 heteroatoms. The van der Waals surface area contributed by atoms with Crippen LogP contribution in [0.2, 0.25) is 0 Å². The fourth-order valence-corrected chi connectivity index (χ4v) is 4.19. The summed E-state index contributed by atoms with van der Waals surface area (Å²) in [6, 6.07) is 6.85. The second kappa shape index (κ2) is 5.74. The van der Waals surface area contributed by atoms with E-state index in [1.165, 1.54) is 30.4 Å². The van der Waals surface area contributed by atoms with Gasteiger partial charge < -0.3 is 4.74 Å². The van der Waals surface area contributed by atoms with Gasteiger partial charge in [-0.25, -0.2) is 0 Å². The van der Waals surface area contributed by atoms with Crippen LogP contribution in [0.3, 0.4) is 0 Å². The van der Waals surface area contributed by atoms with Gasteiger partial charge in [-0.05, 0) is 54.2 Å². The van der Waals surface area contributed by atoms with Crippen molar-refractivity contribution in [3.8, 4) is 5.75 Å². The zero-order valence-corrected chi connectivity index (χ0v) is 12.6. The molecule has 0 spiro atoms. The minimum absolute atomic E-state index is 0.270. The smallest absolute Gasteiger partial charge is 0.122 e. The monoisotopic (exact) mass is 274 g/mol. The van der Waals surface area contributed by atoms with Crippen molar-refractivity contribution in [3.63, 3.8) is 0 Å². The molecule has 3 N–H and O–H groups in total. The summed E-state index contributed by atoms with van der Waals surface area (Å²) in [7, 11) is 0. The lowest BCUT2D eigenvalue weighted by molar-refractivity contribution is 0.177. The van der Waals surface area contributed by atoms with E-state index in [4.69, 9.17) is 10.6 Å². The molecule has 1 aliphatic heterocycles. The minimum Gasteiger partial charge on any atom is -0.493 e. The zero-order valence-electron chi connectivity index (χ0n) is 12.6. The van der Waals surface area contributed by atoms with Crippen LogP contribution in [0.5, 0.6) is 5.75 Å². The molecule has 3 unspecified atom stereocenters. The van der Waals surface area contributed by atoms with Gasteiger partial charge in [-0.15, -0.1) is 0 Å². The first-order chi connectivity index (χ1) is 9.67. The average molecular weight is 274 g/mol. The molecule has 110 valence electrons. The first-order valence-electron chi connectivity index (χ1n) is 7.89. The Hall–Kier alpha value is -1.06. The van der Waals surface area contributed by atoms with E-state index >= 15 is 0 Å². The van der Waals surface area contributed by atoms with E-state index in [0.29, 0.717) is 5.92 Å². The van der Waals surface area contributed by atoms with Crippen molar-refractivity contribution in [2.45, 2.75) is 45.6 Å². The summed E-state index contributed by atoms with van der Waals surface area (Å²) in [4.78, 5) is 0. The maximum atomic E-state index is 5.89. The lowest BCUT2D eigenvalue weighted by Gasteiger charge is -2.36. The Labute approximate surface area is 121 Å². The normalized spacial score (nSPS) is 30.6. The van der Waals surface area contributed by atoms with Crippen molar-refractivity contribution >= 4 is 0 Å². The Kier molecular flexibility index (Phi) is 3.99. The van der Waals surface area contributed by atoms with Crippen molar-refractivity contribution in [1.82, 2.24) is 5.43 Å². The third kappa shape index (κ3) is 2.70. The number of hydrogen-bond acceptors (Lipinski definition) is 3. The van der Waals surface area contributed by atoms with E-state index in [-0.39, 0.29) is 6.04 Å². The lowest BCUT2D eigenvalue weighted by Crippen LogP contribution is -2.37. The predicted molar refractivity (Wildman–Crippen MR) is 81.4 cm³/mol. The third-order valence-corrected chi connectivity index (χ3v) is 4.94. The highest BCUT2D eigenvalue weighted by Crippen LogP contribution is 2.40. The summed E-state index contributed by atoms with van der Waals surface area (Å²) in [5.74, 6) is 9.19. The second-order valence-corrected chi connectivity index (χ2v) is 6.79. The van der Waals surface area contributed by atoms with Gasteiger partial charge in [-0.3, -0.25) is 11.3 Å². The van der Waals surface area contributed by atoms with Crippen LogP contribution in [0.1, 0.15) is 50.3 Å². The molecule has 0 saturated heterocycles. The van der Waals surface area contributed by atoms with E-state index in [2.05, 4.69) is 37.5 Å². The van der Waals surface area contributed by atoms with Crippen LogP contribution in [0.4, 0.5) is 0 Å². The van der Waals surface area contributed by atoms with Gasteiger partial charge in [0.25, 0.3) is 0 Å². The van der Waals surface area contributed by atoms with Gasteiger partial charge in [0, 0.05) is 12.5 Å². The van der Waals surface area contributed by atoms with Crippen LogP contribution in [0, 0.1) is 17.8 Å². The average Bonchev–Trinajstić information content (AvgIpc) is 2.86. The van der Waals surface area contributed by atoms with Crippen LogP contribution in [-0.4, -0.2) is 6.61 Å².